The first-order valence-corrected chi connectivity index (χ1v) is 10.7. The molecule has 1 aliphatic carbocycles. The number of amides is 1. The minimum absolute atomic E-state index is 0.0177. The Labute approximate surface area is 172 Å². The molecule has 1 amide bonds. The molecule has 0 bridgehead atoms. The number of halogens is 2. The number of carbonyl (C=O) groups is 1. The summed E-state index contributed by atoms with van der Waals surface area (Å²) in [5, 5.41) is 12.8. The van der Waals surface area contributed by atoms with Gasteiger partial charge in [0.25, 0.3) is 0 Å². The average Bonchev–Trinajstić information content (AvgIpc) is 2.70. The van der Waals surface area contributed by atoms with Crippen LogP contribution in [0.15, 0.2) is 24.3 Å². The molecule has 3 atom stereocenters. The number of carbonyl (C=O) groups excluding carboxylic acids is 1. The van der Waals surface area contributed by atoms with Gasteiger partial charge in [0.05, 0.1) is 12.0 Å². The van der Waals surface area contributed by atoms with Gasteiger partial charge < -0.3 is 10.2 Å². The Morgan fingerprint density at radius 2 is 2.04 bits per heavy atom. The van der Waals surface area contributed by atoms with Crippen LogP contribution in [0.5, 0.6) is 0 Å². The summed E-state index contributed by atoms with van der Waals surface area (Å²) >= 11 is 6.54. The van der Waals surface area contributed by atoms with Gasteiger partial charge in [0.1, 0.15) is 11.4 Å². The van der Waals surface area contributed by atoms with Gasteiger partial charge in [-0.05, 0) is 51.1 Å². The van der Waals surface area contributed by atoms with Crippen molar-refractivity contribution >= 4 is 17.5 Å². The second-order valence-corrected chi connectivity index (χ2v) is 8.92. The molecule has 1 saturated heterocycles. The molecule has 3 rings (SSSR count). The van der Waals surface area contributed by atoms with Gasteiger partial charge in [-0.25, -0.2) is 4.39 Å². The van der Waals surface area contributed by atoms with Crippen molar-refractivity contribution in [1.82, 2.24) is 10.2 Å². The summed E-state index contributed by atoms with van der Waals surface area (Å²) in [6, 6.07) is 8.79. The number of piperidine rings is 1. The van der Waals surface area contributed by atoms with Gasteiger partial charge in [-0.15, -0.1) is 11.6 Å². The second kappa shape index (κ2) is 9.24. The van der Waals surface area contributed by atoms with Crippen molar-refractivity contribution in [2.75, 3.05) is 20.1 Å². The zero-order chi connectivity index (χ0) is 20.1. The van der Waals surface area contributed by atoms with Crippen molar-refractivity contribution in [2.45, 2.75) is 61.8 Å². The molecule has 1 heterocycles. The number of rotatable bonds is 5. The molecule has 1 aliphatic heterocycles. The van der Waals surface area contributed by atoms with E-state index in [0.717, 1.165) is 38.8 Å². The highest BCUT2D eigenvalue weighted by Crippen LogP contribution is 2.37. The van der Waals surface area contributed by atoms with E-state index in [4.69, 9.17) is 11.6 Å². The topological polar surface area (TPSA) is 56.1 Å². The number of nitrogens with zero attached hydrogens (tertiary/aromatic N) is 2. The van der Waals surface area contributed by atoms with Crippen molar-refractivity contribution in [3.05, 3.63) is 35.6 Å². The monoisotopic (exact) mass is 405 g/mol. The summed E-state index contributed by atoms with van der Waals surface area (Å²) in [6.45, 7) is 1.51. The maximum Gasteiger partial charge on any atom is 0.228 e. The van der Waals surface area contributed by atoms with Crippen molar-refractivity contribution < 1.29 is 9.18 Å². The summed E-state index contributed by atoms with van der Waals surface area (Å²) in [4.78, 5) is 15.5. The highest BCUT2D eigenvalue weighted by molar-refractivity contribution is 6.20. The van der Waals surface area contributed by atoms with E-state index in [2.05, 4.69) is 16.3 Å². The van der Waals surface area contributed by atoms with E-state index in [1.54, 1.807) is 18.2 Å². The number of likely N-dealkylation sites (tertiary alicyclic amines) is 1. The largest absolute Gasteiger partial charge is 0.337 e. The highest BCUT2D eigenvalue weighted by Gasteiger charge is 2.39. The van der Waals surface area contributed by atoms with Crippen molar-refractivity contribution in [3.8, 4) is 6.07 Å². The summed E-state index contributed by atoms with van der Waals surface area (Å²) in [5.74, 6) is -1.08. The Hall–Kier alpha value is -1.64. The first-order chi connectivity index (χ1) is 13.4. The van der Waals surface area contributed by atoms with Crippen molar-refractivity contribution in [3.63, 3.8) is 0 Å². The standard InChI is InChI=1S/C22H29ClFN3O/c1-27-12-10-22(15-25,11-13-27)26-21(28)18(17-7-3-5-9-20(17)24)14-16-6-2-4-8-19(16)23/h3,5,7,9,16,18-19H,2,4,6,8,10-14H2,1H3,(H,26,28). The molecular formula is C22H29ClFN3O. The molecule has 2 fully saturated rings. The summed E-state index contributed by atoms with van der Waals surface area (Å²) in [5.41, 5.74) is -0.476. The lowest BCUT2D eigenvalue weighted by molar-refractivity contribution is -0.125. The Bertz CT molecular complexity index is 727. The van der Waals surface area contributed by atoms with Gasteiger partial charge in [-0.1, -0.05) is 31.0 Å². The fourth-order valence-corrected chi connectivity index (χ4v) is 4.83. The molecule has 1 aromatic carbocycles. The van der Waals surface area contributed by atoms with E-state index in [1.807, 2.05) is 7.05 Å². The fraction of sp³-hybridized carbons (Fsp3) is 0.636. The molecule has 152 valence electrons. The zero-order valence-corrected chi connectivity index (χ0v) is 17.2. The highest BCUT2D eigenvalue weighted by atomic mass is 35.5. The van der Waals surface area contributed by atoms with Crippen LogP contribution in [0.25, 0.3) is 0 Å². The molecule has 0 aromatic heterocycles. The molecule has 3 unspecified atom stereocenters. The van der Waals surface area contributed by atoms with E-state index in [0.29, 0.717) is 24.8 Å². The van der Waals surface area contributed by atoms with Crippen LogP contribution in [0.1, 0.15) is 56.4 Å². The van der Waals surface area contributed by atoms with E-state index in [-0.39, 0.29) is 23.0 Å². The van der Waals surface area contributed by atoms with Gasteiger partial charge in [0, 0.05) is 24.0 Å². The maximum atomic E-state index is 14.6. The first-order valence-electron chi connectivity index (χ1n) is 10.2. The Kier molecular flexibility index (Phi) is 6.95. The molecule has 4 nitrogen and oxygen atoms in total. The lowest BCUT2D eigenvalue weighted by Crippen LogP contribution is -2.55. The minimum atomic E-state index is -0.875. The smallest absolute Gasteiger partial charge is 0.228 e. The van der Waals surface area contributed by atoms with Crippen LogP contribution in [-0.2, 0) is 4.79 Å². The van der Waals surface area contributed by atoms with Crippen LogP contribution in [0, 0.1) is 23.1 Å². The third-order valence-electron chi connectivity index (χ3n) is 6.37. The molecule has 1 aromatic rings. The zero-order valence-electron chi connectivity index (χ0n) is 16.5. The quantitative estimate of drug-likeness (QED) is 0.747. The first kappa shape index (κ1) is 21.1. The summed E-state index contributed by atoms with van der Waals surface area (Å²) in [7, 11) is 2.01. The van der Waals surface area contributed by atoms with Gasteiger partial charge in [-0.3, -0.25) is 4.79 Å². The molecule has 0 spiro atoms. The number of nitriles is 1. The molecular weight excluding hydrogens is 377 g/mol. The maximum absolute atomic E-state index is 14.6. The van der Waals surface area contributed by atoms with E-state index < -0.39 is 11.5 Å². The number of nitrogens with one attached hydrogen (secondary N) is 1. The van der Waals surface area contributed by atoms with Crippen LogP contribution in [0.2, 0.25) is 0 Å². The van der Waals surface area contributed by atoms with Crippen LogP contribution >= 0.6 is 11.6 Å². The minimum Gasteiger partial charge on any atom is -0.337 e. The molecule has 28 heavy (non-hydrogen) atoms. The van der Waals surface area contributed by atoms with E-state index >= 15 is 0 Å². The van der Waals surface area contributed by atoms with Crippen molar-refractivity contribution in [2.24, 2.45) is 5.92 Å². The Morgan fingerprint density at radius 1 is 1.36 bits per heavy atom. The lowest BCUT2D eigenvalue weighted by atomic mass is 9.79. The van der Waals surface area contributed by atoms with E-state index in [1.165, 1.54) is 6.07 Å². The third-order valence-corrected chi connectivity index (χ3v) is 6.94. The molecule has 2 aliphatic rings. The van der Waals surface area contributed by atoms with Crippen LogP contribution < -0.4 is 5.32 Å². The number of alkyl halides is 1. The Morgan fingerprint density at radius 3 is 2.68 bits per heavy atom. The predicted octanol–water partition coefficient (Wildman–Crippen LogP) is 4.20. The van der Waals surface area contributed by atoms with Gasteiger partial charge >= 0.3 is 0 Å². The second-order valence-electron chi connectivity index (χ2n) is 8.36. The molecule has 6 heteroatoms. The van der Waals surface area contributed by atoms with E-state index in [9.17, 15) is 14.4 Å². The number of hydrogen-bond donors (Lipinski definition) is 1. The Balaban J connectivity index is 1.82. The van der Waals surface area contributed by atoms with Crippen LogP contribution in [-0.4, -0.2) is 41.9 Å². The lowest BCUT2D eigenvalue weighted by Gasteiger charge is -2.37. The number of benzene rings is 1. The average molecular weight is 406 g/mol. The normalized spacial score (nSPS) is 26.2. The fourth-order valence-electron chi connectivity index (χ4n) is 4.45. The summed E-state index contributed by atoms with van der Waals surface area (Å²) < 4.78 is 14.6. The molecule has 0 radical (unpaired) electrons. The van der Waals surface area contributed by atoms with Crippen LogP contribution in [0.4, 0.5) is 4.39 Å². The van der Waals surface area contributed by atoms with Gasteiger partial charge in [0.2, 0.25) is 5.91 Å². The van der Waals surface area contributed by atoms with Gasteiger partial charge in [-0.2, -0.15) is 5.26 Å². The predicted molar refractivity (Wildman–Crippen MR) is 109 cm³/mol. The SMILES string of the molecule is CN1CCC(C#N)(NC(=O)C(CC2CCCCC2Cl)c2ccccc2F)CC1. The van der Waals surface area contributed by atoms with Crippen LogP contribution in [0.3, 0.4) is 0 Å². The van der Waals surface area contributed by atoms with Crippen molar-refractivity contribution in [1.29, 1.82) is 5.26 Å². The summed E-state index contributed by atoms with van der Waals surface area (Å²) in [6.07, 6.45) is 5.77. The third kappa shape index (κ3) is 4.85. The molecule has 1 saturated carbocycles. The number of hydrogen-bond acceptors (Lipinski definition) is 3. The van der Waals surface area contributed by atoms with Gasteiger partial charge in [0.15, 0.2) is 0 Å². The molecule has 1 N–H and O–H groups in total.